The van der Waals surface area contributed by atoms with E-state index in [1.807, 2.05) is 30.3 Å². The Kier molecular flexibility index (Phi) is 13.0. The van der Waals surface area contributed by atoms with Gasteiger partial charge in [-0.2, -0.15) is 0 Å². The van der Waals surface area contributed by atoms with Gasteiger partial charge in [0, 0.05) is 51.2 Å². The molecule has 0 spiro atoms. The average Bonchev–Trinajstić information content (AvgIpc) is 3.49. The van der Waals surface area contributed by atoms with Crippen LogP contribution in [0, 0.1) is 17.6 Å². The van der Waals surface area contributed by atoms with Crippen molar-refractivity contribution in [3.05, 3.63) is 71.4 Å². The number of amides is 4. The quantitative estimate of drug-likeness (QED) is 0.236. The molecule has 2 heterocycles. The zero-order valence-electron chi connectivity index (χ0n) is 29.2. The predicted octanol–water partition coefficient (Wildman–Crippen LogP) is 4.50. The summed E-state index contributed by atoms with van der Waals surface area (Å²) in [6.07, 6.45) is 3.22. The number of piperazine rings is 1. The van der Waals surface area contributed by atoms with E-state index < -0.39 is 35.7 Å². The lowest BCUT2D eigenvalue weighted by Crippen LogP contribution is -2.59. The Morgan fingerprint density at radius 2 is 1.55 bits per heavy atom. The van der Waals surface area contributed by atoms with E-state index in [9.17, 15) is 33.1 Å². The highest BCUT2D eigenvalue weighted by atomic mass is 19.2. The van der Waals surface area contributed by atoms with Gasteiger partial charge in [0.25, 0.3) is 5.91 Å². The molecule has 0 bridgehead atoms. The lowest BCUT2D eigenvalue weighted by atomic mass is 9.83. The van der Waals surface area contributed by atoms with Crippen LogP contribution >= 0.6 is 0 Å². The van der Waals surface area contributed by atoms with Crippen molar-refractivity contribution in [1.82, 2.24) is 24.6 Å². The molecular weight excluding hydrogens is 664 g/mol. The van der Waals surface area contributed by atoms with Crippen molar-refractivity contribution < 1.29 is 42.5 Å². The first-order valence-corrected chi connectivity index (χ1v) is 17.6. The van der Waals surface area contributed by atoms with Gasteiger partial charge < -0.3 is 34.3 Å². The van der Waals surface area contributed by atoms with E-state index in [-0.39, 0.29) is 62.8 Å². The third kappa shape index (κ3) is 9.41. The number of benzene rings is 2. The molecule has 1 aromatic heterocycles. The number of carboxylic acid groups (broad SMARTS) is 1. The van der Waals surface area contributed by atoms with Crippen LogP contribution in [0.4, 0.5) is 13.6 Å². The number of nitrogens with zero attached hydrogens (tertiary/aromatic N) is 4. The molecule has 0 radical (unpaired) electrons. The first-order chi connectivity index (χ1) is 24.5. The van der Waals surface area contributed by atoms with Crippen LogP contribution in [0.5, 0.6) is 0 Å². The van der Waals surface area contributed by atoms with Crippen LogP contribution in [0.1, 0.15) is 55.1 Å². The van der Waals surface area contributed by atoms with E-state index in [2.05, 4.69) is 5.32 Å². The zero-order valence-corrected chi connectivity index (χ0v) is 29.2. The molecule has 2 fully saturated rings. The molecule has 1 saturated heterocycles. The fourth-order valence-corrected chi connectivity index (χ4v) is 6.77. The SMILES string of the molecule is C[C@@H](C(=O)N[C@H](C(=O)N1CCN(C(=O)c2cc3cc(F)c(F)cc3n2CCOCCOCc2ccccc2)CC1)C1CCCCC1)N(C)C(=O)O. The van der Waals surface area contributed by atoms with Gasteiger partial charge in [0.1, 0.15) is 17.8 Å². The van der Waals surface area contributed by atoms with Crippen LogP contribution in [-0.4, -0.2) is 113 Å². The van der Waals surface area contributed by atoms with Crippen molar-refractivity contribution in [3.63, 3.8) is 0 Å². The van der Waals surface area contributed by atoms with Gasteiger partial charge in [0.15, 0.2) is 11.6 Å². The fraction of sp³-hybridized carbons (Fsp3) is 0.514. The topological polar surface area (TPSA) is 134 Å². The minimum absolute atomic E-state index is 0.0775. The van der Waals surface area contributed by atoms with Gasteiger partial charge in [-0.15, -0.1) is 0 Å². The largest absolute Gasteiger partial charge is 0.465 e. The van der Waals surface area contributed by atoms with Gasteiger partial charge in [-0.25, -0.2) is 13.6 Å². The van der Waals surface area contributed by atoms with Gasteiger partial charge in [-0.05, 0) is 43.4 Å². The summed E-state index contributed by atoms with van der Waals surface area (Å²) in [5.41, 5.74) is 1.66. The molecule has 2 aliphatic rings. The summed E-state index contributed by atoms with van der Waals surface area (Å²) >= 11 is 0. The third-order valence-electron chi connectivity index (χ3n) is 9.93. The summed E-state index contributed by atoms with van der Waals surface area (Å²) in [6.45, 7) is 3.90. The Hall–Kier alpha value is -4.56. The minimum Gasteiger partial charge on any atom is -0.465 e. The predicted molar refractivity (Wildman–Crippen MR) is 185 cm³/mol. The van der Waals surface area contributed by atoms with Gasteiger partial charge >= 0.3 is 6.09 Å². The molecule has 2 atom stereocenters. The Balaban J connectivity index is 1.22. The second kappa shape index (κ2) is 17.6. The van der Waals surface area contributed by atoms with Crippen LogP contribution < -0.4 is 5.32 Å². The second-order valence-corrected chi connectivity index (χ2v) is 13.2. The zero-order chi connectivity index (χ0) is 36.5. The minimum atomic E-state index is -1.25. The average molecular weight is 712 g/mol. The maximum Gasteiger partial charge on any atom is 0.407 e. The number of halogens is 2. The molecule has 12 nitrogen and oxygen atoms in total. The van der Waals surface area contributed by atoms with E-state index in [4.69, 9.17) is 9.47 Å². The summed E-state index contributed by atoms with van der Waals surface area (Å²) in [7, 11) is 1.31. The maximum atomic E-state index is 14.4. The normalized spacial score (nSPS) is 16.5. The van der Waals surface area contributed by atoms with Crippen molar-refractivity contribution in [3.8, 4) is 0 Å². The number of carbonyl (C=O) groups excluding carboxylic acids is 3. The van der Waals surface area contributed by atoms with Crippen molar-refractivity contribution in [2.24, 2.45) is 5.92 Å². The molecule has 276 valence electrons. The van der Waals surface area contributed by atoms with E-state index in [0.29, 0.717) is 30.7 Å². The van der Waals surface area contributed by atoms with Crippen LogP contribution in [0.25, 0.3) is 10.9 Å². The van der Waals surface area contributed by atoms with E-state index in [1.54, 1.807) is 20.4 Å². The second-order valence-electron chi connectivity index (χ2n) is 13.2. The van der Waals surface area contributed by atoms with E-state index in [1.165, 1.54) is 14.0 Å². The molecule has 4 amide bonds. The molecule has 0 unspecified atom stereocenters. The van der Waals surface area contributed by atoms with Gasteiger partial charge in [0.2, 0.25) is 11.8 Å². The van der Waals surface area contributed by atoms with Crippen LogP contribution in [0.15, 0.2) is 48.5 Å². The van der Waals surface area contributed by atoms with Crippen molar-refractivity contribution >= 4 is 34.7 Å². The number of hydrogen-bond donors (Lipinski definition) is 2. The molecular formula is C37H47F2N5O7. The molecule has 1 saturated carbocycles. The highest BCUT2D eigenvalue weighted by Crippen LogP contribution is 2.29. The van der Waals surface area contributed by atoms with Gasteiger partial charge in [-0.1, -0.05) is 49.6 Å². The summed E-state index contributed by atoms with van der Waals surface area (Å²) in [4.78, 5) is 56.5. The molecule has 1 aliphatic carbocycles. The highest BCUT2D eigenvalue weighted by molar-refractivity contribution is 5.99. The van der Waals surface area contributed by atoms with Gasteiger partial charge in [-0.3, -0.25) is 19.3 Å². The number of rotatable bonds is 14. The lowest BCUT2D eigenvalue weighted by Gasteiger charge is -2.39. The number of aromatic nitrogens is 1. The summed E-state index contributed by atoms with van der Waals surface area (Å²) in [6, 6.07) is 11.7. The Labute approximate surface area is 296 Å². The molecule has 2 aromatic carbocycles. The Bertz CT molecular complexity index is 1670. The molecule has 2 N–H and O–H groups in total. The summed E-state index contributed by atoms with van der Waals surface area (Å²) in [5.74, 6) is -3.24. The number of ether oxygens (including phenoxy) is 2. The number of carbonyl (C=O) groups is 4. The first-order valence-electron chi connectivity index (χ1n) is 17.6. The number of hydrogen-bond acceptors (Lipinski definition) is 6. The van der Waals surface area contributed by atoms with Crippen molar-refractivity contribution in [2.75, 3.05) is 53.0 Å². The van der Waals surface area contributed by atoms with Crippen LogP contribution in [0.2, 0.25) is 0 Å². The first kappa shape index (κ1) is 37.7. The Morgan fingerprint density at radius 3 is 2.24 bits per heavy atom. The molecule has 51 heavy (non-hydrogen) atoms. The van der Waals surface area contributed by atoms with Gasteiger partial charge in [0.05, 0.1) is 31.9 Å². The van der Waals surface area contributed by atoms with Crippen LogP contribution in [0.3, 0.4) is 0 Å². The lowest BCUT2D eigenvalue weighted by molar-refractivity contribution is -0.140. The molecule has 1 aliphatic heterocycles. The highest BCUT2D eigenvalue weighted by Gasteiger charge is 2.37. The monoisotopic (exact) mass is 711 g/mol. The fourth-order valence-electron chi connectivity index (χ4n) is 6.77. The molecule has 5 rings (SSSR count). The number of likely N-dealkylation sites (N-methyl/N-ethyl adjacent to an activating group) is 1. The summed E-state index contributed by atoms with van der Waals surface area (Å²) in [5, 5.41) is 12.6. The van der Waals surface area contributed by atoms with Crippen molar-refractivity contribution in [2.45, 2.75) is 64.3 Å². The summed E-state index contributed by atoms with van der Waals surface area (Å²) < 4.78 is 41.6. The molecule has 3 aromatic rings. The number of nitrogens with one attached hydrogen (secondary N) is 1. The maximum absolute atomic E-state index is 14.4. The number of fused-ring (bicyclic) bond motifs is 1. The molecule has 14 heteroatoms. The van der Waals surface area contributed by atoms with E-state index >= 15 is 0 Å². The Morgan fingerprint density at radius 1 is 0.902 bits per heavy atom. The van der Waals surface area contributed by atoms with E-state index in [0.717, 1.165) is 54.7 Å². The van der Waals surface area contributed by atoms with Crippen molar-refractivity contribution in [1.29, 1.82) is 0 Å². The smallest absolute Gasteiger partial charge is 0.407 e. The standard InChI is InChI=1S/C37H47F2N5O7/c1-25(41(2)37(48)49)34(45)40-33(27-11-7-4-8-12-27)36(47)43-15-13-42(14-16-43)35(46)32-22-28-21-29(38)30(39)23-31(28)44(32)17-18-50-19-20-51-24-26-9-5-3-6-10-26/h3,5-6,9-10,21-23,25,27,33H,4,7-8,11-20,24H2,1-2H3,(H,40,45)(H,48,49)/t25-,33-/m0/s1. The third-order valence-corrected chi connectivity index (χ3v) is 9.93. The van der Waals surface area contributed by atoms with Crippen LogP contribution in [-0.2, 0) is 32.2 Å².